The first-order chi connectivity index (χ1) is 8.02. The van der Waals surface area contributed by atoms with E-state index >= 15 is 0 Å². The van der Waals surface area contributed by atoms with Crippen molar-refractivity contribution in [1.29, 1.82) is 0 Å². The van der Waals surface area contributed by atoms with E-state index in [1.54, 1.807) is 27.7 Å². The highest BCUT2D eigenvalue weighted by molar-refractivity contribution is 5.99. The molecule has 0 aromatic heterocycles. The van der Waals surface area contributed by atoms with Crippen molar-refractivity contribution in [3.05, 3.63) is 0 Å². The van der Waals surface area contributed by atoms with Crippen molar-refractivity contribution in [2.24, 2.45) is 5.41 Å². The first kappa shape index (κ1) is 15.5. The van der Waals surface area contributed by atoms with Gasteiger partial charge in [-0.05, 0) is 34.1 Å². The Morgan fingerprint density at radius 2 is 1.59 bits per heavy atom. The van der Waals surface area contributed by atoms with Gasteiger partial charge in [0.25, 0.3) is 0 Å². The maximum atomic E-state index is 11.8. The number of carbonyl (C=O) groups is 2. The van der Waals surface area contributed by atoms with Crippen molar-refractivity contribution in [2.75, 3.05) is 13.2 Å². The average molecular weight is 240 g/mol. The van der Waals surface area contributed by atoms with Crippen LogP contribution in [0.1, 0.15) is 40.5 Å². The van der Waals surface area contributed by atoms with Crippen LogP contribution in [0.5, 0.6) is 0 Å². The van der Waals surface area contributed by atoms with E-state index in [1.165, 1.54) is 0 Å². The summed E-state index contributed by atoms with van der Waals surface area (Å²) in [7, 11) is 0. The molecule has 0 saturated heterocycles. The van der Waals surface area contributed by atoms with E-state index in [-0.39, 0.29) is 13.2 Å². The highest BCUT2D eigenvalue weighted by Gasteiger charge is 2.43. The monoisotopic (exact) mass is 240 g/mol. The summed E-state index contributed by atoms with van der Waals surface area (Å²) >= 11 is 0. The Morgan fingerprint density at radius 3 is 1.94 bits per heavy atom. The van der Waals surface area contributed by atoms with Gasteiger partial charge in [0.15, 0.2) is 5.41 Å². The molecule has 0 amide bonds. The molecule has 0 unspecified atom stereocenters. The van der Waals surface area contributed by atoms with E-state index in [9.17, 15) is 9.59 Å². The predicted octanol–water partition coefficient (Wildman–Crippen LogP) is 1.92. The van der Waals surface area contributed by atoms with Crippen molar-refractivity contribution in [2.45, 2.75) is 40.5 Å². The highest BCUT2D eigenvalue weighted by Crippen LogP contribution is 2.27. The lowest BCUT2D eigenvalue weighted by atomic mass is 9.85. The summed E-state index contributed by atoms with van der Waals surface area (Å²) in [5.74, 6) is 4.47. The van der Waals surface area contributed by atoms with Gasteiger partial charge in [0, 0.05) is 6.42 Å². The Hall–Kier alpha value is -1.50. The molecule has 0 spiro atoms. The van der Waals surface area contributed by atoms with E-state index < -0.39 is 17.4 Å². The molecule has 0 aliphatic rings. The Labute approximate surface area is 103 Å². The molecule has 0 N–H and O–H groups in total. The van der Waals surface area contributed by atoms with Gasteiger partial charge >= 0.3 is 11.9 Å². The van der Waals surface area contributed by atoms with Gasteiger partial charge in [-0.15, -0.1) is 11.8 Å². The average Bonchev–Trinajstić information content (AvgIpc) is 2.29. The number of esters is 2. The first-order valence-corrected chi connectivity index (χ1v) is 5.77. The molecule has 0 aromatic rings. The Morgan fingerprint density at radius 1 is 1.12 bits per heavy atom. The third kappa shape index (κ3) is 4.48. The van der Waals surface area contributed by atoms with Crippen LogP contribution in [0.15, 0.2) is 0 Å². The van der Waals surface area contributed by atoms with Gasteiger partial charge in [0.05, 0.1) is 13.2 Å². The second-order valence-corrected chi connectivity index (χ2v) is 3.70. The Bertz CT molecular complexity index is 304. The highest BCUT2D eigenvalue weighted by atomic mass is 16.6. The Kier molecular flexibility index (Phi) is 7.04. The van der Waals surface area contributed by atoms with Gasteiger partial charge in [-0.2, -0.15) is 0 Å². The Balaban J connectivity index is 4.82. The quantitative estimate of drug-likeness (QED) is 0.404. The number of hydrogen-bond donors (Lipinski definition) is 0. The summed E-state index contributed by atoms with van der Waals surface area (Å²) < 4.78 is 9.83. The normalized spacial score (nSPS) is 10.1. The van der Waals surface area contributed by atoms with Crippen molar-refractivity contribution in [3.8, 4) is 11.8 Å². The topological polar surface area (TPSA) is 52.6 Å². The van der Waals surface area contributed by atoms with Gasteiger partial charge in [0.1, 0.15) is 0 Å². The minimum absolute atomic E-state index is 0.243. The second kappa shape index (κ2) is 7.72. The molecule has 17 heavy (non-hydrogen) atoms. The fourth-order valence-electron chi connectivity index (χ4n) is 1.31. The van der Waals surface area contributed by atoms with Crippen LogP contribution >= 0.6 is 0 Å². The van der Waals surface area contributed by atoms with Gasteiger partial charge in [-0.25, -0.2) is 0 Å². The molecule has 0 atom stereocenters. The predicted molar refractivity (Wildman–Crippen MR) is 64.1 cm³/mol. The lowest BCUT2D eigenvalue weighted by molar-refractivity contribution is -0.171. The van der Waals surface area contributed by atoms with E-state index in [0.717, 1.165) is 0 Å². The minimum atomic E-state index is -1.25. The maximum absolute atomic E-state index is 11.8. The molecule has 0 aliphatic heterocycles. The van der Waals surface area contributed by atoms with Crippen LogP contribution in [0.4, 0.5) is 0 Å². The summed E-state index contributed by atoms with van der Waals surface area (Å²) in [6, 6.07) is 0. The third-order valence-corrected chi connectivity index (χ3v) is 2.38. The minimum Gasteiger partial charge on any atom is -0.465 e. The molecule has 0 aromatic carbocycles. The van der Waals surface area contributed by atoms with Crippen LogP contribution in [0.2, 0.25) is 0 Å². The largest absolute Gasteiger partial charge is 0.465 e. The van der Waals surface area contributed by atoms with Crippen molar-refractivity contribution < 1.29 is 19.1 Å². The smallest absolute Gasteiger partial charge is 0.323 e. The van der Waals surface area contributed by atoms with E-state index in [4.69, 9.17) is 9.47 Å². The molecule has 4 heteroatoms. The molecule has 0 radical (unpaired) electrons. The fourth-order valence-corrected chi connectivity index (χ4v) is 1.31. The summed E-state index contributed by atoms with van der Waals surface area (Å²) in [5.41, 5.74) is -1.25. The van der Waals surface area contributed by atoms with Crippen molar-refractivity contribution >= 4 is 11.9 Å². The molecule has 0 bridgehead atoms. The zero-order valence-corrected chi connectivity index (χ0v) is 11.0. The van der Waals surface area contributed by atoms with Crippen molar-refractivity contribution in [1.82, 2.24) is 0 Å². The zero-order chi connectivity index (χ0) is 13.3. The molecule has 0 rings (SSSR count). The third-order valence-electron chi connectivity index (χ3n) is 2.38. The van der Waals surface area contributed by atoms with Gasteiger partial charge in [-0.1, -0.05) is 0 Å². The first-order valence-electron chi connectivity index (χ1n) is 5.77. The molecular weight excluding hydrogens is 220 g/mol. The van der Waals surface area contributed by atoms with E-state index in [0.29, 0.717) is 12.8 Å². The van der Waals surface area contributed by atoms with Gasteiger partial charge in [0.2, 0.25) is 0 Å². The number of rotatable bonds is 6. The van der Waals surface area contributed by atoms with Crippen LogP contribution < -0.4 is 0 Å². The molecule has 0 saturated carbocycles. The van der Waals surface area contributed by atoms with Crippen LogP contribution in [0.3, 0.4) is 0 Å². The second-order valence-electron chi connectivity index (χ2n) is 3.70. The van der Waals surface area contributed by atoms with Gasteiger partial charge < -0.3 is 9.47 Å². The molecule has 4 nitrogen and oxygen atoms in total. The standard InChI is InChI=1S/C13H20O4/c1-5-8-9-10-13(4,11(14)16-6-2)12(15)17-7-3/h6-7,9-10H2,1-4H3. The van der Waals surface area contributed by atoms with Crippen LogP contribution in [0, 0.1) is 17.3 Å². The SMILES string of the molecule is CC#CCCC(C)(C(=O)OCC)C(=O)OCC. The van der Waals surface area contributed by atoms with Gasteiger partial charge in [-0.3, -0.25) is 9.59 Å². The lowest BCUT2D eigenvalue weighted by Crippen LogP contribution is -2.39. The summed E-state index contributed by atoms with van der Waals surface area (Å²) in [6.45, 7) is 7.15. The molecule has 96 valence electrons. The summed E-state index contributed by atoms with van der Waals surface area (Å²) in [6.07, 6.45) is 0.774. The number of ether oxygens (including phenoxy) is 2. The van der Waals surface area contributed by atoms with Crippen LogP contribution in [-0.2, 0) is 19.1 Å². The lowest BCUT2D eigenvalue weighted by Gasteiger charge is -2.23. The number of carbonyl (C=O) groups excluding carboxylic acids is 2. The van der Waals surface area contributed by atoms with E-state index in [2.05, 4.69) is 11.8 Å². The molecule has 0 fully saturated rings. The van der Waals surface area contributed by atoms with E-state index in [1.807, 2.05) is 0 Å². The molecular formula is C13H20O4. The molecule has 0 aliphatic carbocycles. The zero-order valence-electron chi connectivity index (χ0n) is 11.0. The maximum Gasteiger partial charge on any atom is 0.323 e. The van der Waals surface area contributed by atoms with Crippen LogP contribution in [-0.4, -0.2) is 25.2 Å². The number of hydrogen-bond acceptors (Lipinski definition) is 4. The summed E-state index contributed by atoms with van der Waals surface area (Å²) in [4.78, 5) is 23.6. The summed E-state index contributed by atoms with van der Waals surface area (Å²) in [5, 5.41) is 0. The van der Waals surface area contributed by atoms with Crippen molar-refractivity contribution in [3.63, 3.8) is 0 Å². The molecule has 0 heterocycles. The van der Waals surface area contributed by atoms with Crippen LogP contribution in [0.25, 0.3) is 0 Å². The fraction of sp³-hybridized carbons (Fsp3) is 0.692.